The van der Waals surface area contributed by atoms with Crippen molar-refractivity contribution in [1.29, 1.82) is 0 Å². The van der Waals surface area contributed by atoms with Crippen molar-refractivity contribution in [3.63, 3.8) is 0 Å². The van der Waals surface area contributed by atoms with Crippen molar-refractivity contribution < 1.29 is 19.1 Å². The van der Waals surface area contributed by atoms with Crippen molar-refractivity contribution in [2.24, 2.45) is 0 Å². The Balaban J connectivity index is 1.90. The largest absolute Gasteiger partial charge is 0.497 e. The number of amides is 2. The van der Waals surface area contributed by atoms with E-state index in [4.69, 9.17) is 9.47 Å². The molecule has 1 N–H and O–H groups in total. The Kier molecular flexibility index (Phi) is 9.72. The smallest absolute Gasteiger partial charge is 0.261 e. The predicted octanol–water partition coefficient (Wildman–Crippen LogP) is 4.55. The first-order valence-corrected chi connectivity index (χ1v) is 11.9. The standard InChI is InChI=1S/C29H34N2O4/c1-4-16-30-29(33)27(19-23-11-6-5-7-12-23)31(20-24-13-9-14-25(18-24)34-3)28(32)21-35-26-15-8-10-22(2)17-26/h5-15,17-18,27H,4,16,19-21H2,1-3H3,(H,30,33). The van der Waals surface area contributed by atoms with Crippen LogP contribution < -0.4 is 14.8 Å². The van der Waals surface area contributed by atoms with Crippen molar-refractivity contribution in [2.45, 2.75) is 39.3 Å². The quantitative estimate of drug-likeness (QED) is 0.418. The molecule has 0 saturated carbocycles. The number of carbonyl (C=O) groups is 2. The Labute approximate surface area is 207 Å². The number of hydrogen-bond acceptors (Lipinski definition) is 4. The van der Waals surface area contributed by atoms with Gasteiger partial charge in [0.1, 0.15) is 17.5 Å². The van der Waals surface area contributed by atoms with Gasteiger partial charge in [0.25, 0.3) is 5.91 Å². The van der Waals surface area contributed by atoms with E-state index in [1.807, 2.05) is 92.7 Å². The highest BCUT2D eigenvalue weighted by molar-refractivity contribution is 5.88. The van der Waals surface area contributed by atoms with Crippen molar-refractivity contribution in [1.82, 2.24) is 10.2 Å². The molecule has 3 rings (SSSR count). The molecular weight excluding hydrogens is 440 g/mol. The second-order valence-corrected chi connectivity index (χ2v) is 8.47. The van der Waals surface area contributed by atoms with E-state index in [0.717, 1.165) is 23.1 Å². The third kappa shape index (κ3) is 7.88. The highest BCUT2D eigenvalue weighted by Crippen LogP contribution is 2.19. The van der Waals surface area contributed by atoms with E-state index >= 15 is 0 Å². The maximum atomic E-state index is 13.6. The molecule has 0 aliphatic rings. The minimum atomic E-state index is -0.691. The molecule has 6 nitrogen and oxygen atoms in total. The average molecular weight is 475 g/mol. The molecule has 0 heterocycles. The van der Waals surface area contributed by atoms with Gasteiger partial charge >= 0.3 is 0 Å². The first-order valence-electron chi connectivity index (χ1n) is 11.9. The van der Waals surface area contributed by atoms with Crippen LogP contribution in [0.3, 0.4) is 0 Å². The number of ether oxygens (including phenoxy) is 2. The van der Waals surface area contributed by atoms with E-state index in [-0.39, 0.29) is 25.0 Å². The zero-order valence-electron chi connectivity index (χ0n) is 20.7. The molecule has 184 valence electrons. The Bertz CT molecular complexity index is 1100. The van der Waals surface area contributed by atoms with Gasteiger partial charge < -0.3 is 19.7 Å². The summed E-state index contributed by atoms with van der Waals surface area (Å²) in [4.78, 5) is 28.5. The number of carbonyl (C=O) groups excluding carboxylic acids is 2. The Morgan fingerprint density at radius 3 is 2.34 bits per heavy atom. The monoisotopic (exact) mass is 474 g/mol. The number of methoxy groups -OCH3 is 1. The Morgan fingerprint density at radius 2 is 1.63 bits per heavy atom. The van der Waals surface area contributed by atoms with Crippen LogP contribution in [0.15, 0.2) is 78.9 Å². The summed E-state index contributed by atoms with van der Waals surface area (Å²) < 4.78 is 11.2. The molecule has 3 aromatic carbocycles. The number of rotatable bonds is 12. The highest BCUT2D eigenvalue weighted by Gasteiger charge is 2.30. The molecule has 0 aromatic heterocycles. The van der Waals surface area contributed by atoms with Crippen molar-refractivity contribution in [3.8, 4) is 11.5 Å². The van der Waals surface area contributed by atoms with E-state index in [1.165, 1.54) is 0 Å². The van der Waals surface area contributed by atoms with E-state index in [9.17, 15) is 9.59 Å². The van der Waals surface area contributed by atoms with Crippen LogP contribution in [-0.4, -0.2) is 43.0 Å². The van der Waals surface area contributed by atoms with Crippen molar-refractivity contribution in [2.75, 3.05) is 20.3 Å². The van der Waals surface area contributed by atoms with E-state index in [2.05, 4.69) is 5.32 Å². The lowest BCUT2D eigenvalue weighted by molar-refractivity contribution is -0.142. The second kappa shape index (κ2) is 13.2. The normalized spacial score (nSPS) is 11.4. The summed E-state index contributed by atoms with van der Waals surface area (Å²) in [6.45, 7) is 4.61. The second-order valence-electron chi connectivity index (χ2n) is 8.47. The SMILES string of the molecule is CCCNC(=O)C(Cc1ccccc1)N(Cc1cccc(OC)c1)C(=O)COc1cccc(C)c1. The van der Waals surface area contributed by atoms with Gasteiger partial charge in [-0.05, 0) is 54.3 Å². The molecule has 0 spiro atoms. The molecule has 1 atom stereocenters. The molecular formula is C29H34N2O4. The lowest BCUT2D eigenvalue weighted by atomic mass is 10.0. The molecule has 0 radical (unpaired) electrons. The van der Waals surface area contributed by atoms with Crippen LogP contribution in [0.5, 0.6) is 11.5 Å². The lowest BCUT2D eigenvalue weighted by Crippen LogP contribution is -2.51. The van der Waals surface area contributed by atoms with Crippen LogP contribution in [0.2, 0.25) is 0 Å². The van der Waals surface area contributed by atoms with Crippen LogP contribution in [-0.2, 0) is 22.6 Å². The number of hydrogen-bond donors (Lipinski definition) is 1. The van der Waals surface area contributed by atoms with Gasteiger partial charge in [-0.3, -0.25) is 9.59 Å². The van der Waals surface area contributed by atoms with E-state index in [1.54, 1.807) is 12.0 Å². The number of benzene rings is 3. The fourth-order valence-corrected chi connectivity index (χ4v) is 3.82. The molecule has 6 heteroatoms. The van der Waals surface area contributed by atoms with Gasteiger partial charge in [0, 0.05) is 19.5 Å². The highest BCUT2D eigenvalue weighted by atomic mass is 16.5. The Hall–Kier alpha value is -3.80. The zero-order chi connectivity index (χ0) is 25.0. The van der Waals surface area contributed by atoms with Crippen LogP contribution in [0.25, 0.3) is 0 Å². The number of aryl methyl sites for hydroxylation is 1. The van der Waals surface area contributed by atoms with Crippen molar-refractivity contribution in [3.05, 3.63) is 95.6 Å². The summed E-state index contributed by atoms with van der Waals surface area (Å²) in [5, 5.41) is 2.98. The van der Waals surface area contributed by atoms with Crippen LogP contribution in [0, 0.1) is 6.92 Å². The summed E-state index contributed by atoms with van der Waals surface area (Å²) >= 11 is 0. The van der Waals surface area contributed by atoms with Gasteiger partial charge in [-0.1, -0.05) is 61.5 Å². The van der Waals surface area contributed by atoms with Gasteiger partial charge in [0.2, 0.25) is 5.91 Å². The number of nitrogens with one attached hydrogen (secondary N) is 1. The molecule has 3 aromatic rings. The molecule has 1 unspecified atom stereocenters. The fourth-order valence-electron chi connectivity index (χ4n) is 3.82. The van der Waals surface area contributed by atoms with Gasteiger partial charge in [0.05, 0.1) is 7.11 Å². The summed E-state index contributed by atoms with van der Waals surface area (Å²) in [7, 11) is 1.61. The van der Waals surface area contributed by atoms with Crippen molar-refractivity contribution >= 4 is 11.8 Å². The molecule has 35 heavy (non-hydrogen) atoms. The minimum Gasteiger partial charge on any atom is -0.497 e. The third-order valence-electron chi connectivity index (χ3n) is 5.66. The van der Waals surface area contributed by atoms with Gasteiger partial charge in [-0.2, -0.15) is 0 Å². The average Bonchev–Trinajstić information content (AvgIpc) is 2.88. The minimum absolute atomic E-state index is 0.167. The first-order chi connectivity index (χ1) is 17.0. The van der Waals surface area contributed by atoms with E-state index in [0.29, 0.717) is 24.5 Å². The van der Waals surface area contributed by atoms with Crippen LogP contribution >= 0.6 is 0 Å². The summed E-state index contributed by atoms with van der Waals surface area (Å²) in [6.07, 6.45) is 1.21. The molecule has 0 saturated heterocycles. The van der Waals surface area contributed by atoms with Gasteiger partial charge in [-0.15, -0.1) is 0 Å². The molecule has 0 fully saturated rings. The maximum absolute atomic E-state index is 13.6. The Morgan fingerprint density at radius 1 is 0.914 bits per heavy atom. The molecule has 0 bridgehead atoms. The topological polar surface area (TPSA) is 67.9 Å². The maximum Gasteiger partial charge on any atom is 0.261 e. The number of nitrogens with zero attached hydrogens (tertiary/aromatic N) is 1. The summed E-state index contributed by atoms with van der Waals surface area (Å²) in [5.74, 6) is 0.875. The fraction of sp³-hybridized carbons (Fsp3) is 0.310. The van der Waals surface area contributed by atoms with Crippen LogP contribution in [0.1, 0.15) is 30.0 Å². The third-order valence-corrected chi connectivity index (χ3v) is 5.66. The van der Waals surface area contributed by atoms with Crippen LogP contribution in [0.4, 0.5) is 0 Å². The molecule has 2 amide bonds. The van der Waals surface area contributed by atoms with Gasteiger partial charge in [0.15, 0.2) is 6.61 Å². The van der Waals surface area contributed by atoms with Gasteiger partial charge in [-0.25, -0.2) is 0 Å². The predicted molar refractivity (Wildman–Crippen MR) is 137 cm³/mol. The van der Waals surface area contributed by atoms with E-state index < -0.39 is 6.04 Å². The molecule has 0 aliphatic carbocycles. The summed E-state index contributed by atoms with van der Waals surface area (Å²) in [5.41, 5.74) is 2.89. The zero-order valence-corrected chi connectivity index (χ0v) is 20.7. The molecule has 0 aliphatic heterocycles. The lowest BCUT2D eigenvalue weighted by Gasteiger charge is -2.31. The first kappa shape index (κ1) is 25.8. The summed E-state index contributed by atoms with van der Waals surface area (Å²) in [6, 6.07) is 24.2.